The molecule has 3 aromatic rings. The van der Waals surface area contributed by atoms with Gasteiger partial charge in [-0.05, 0) is 24.3 Å². The second kappa shape index (κ2) is 7.95. The summed E-state index contributed by atoms with van der Waals surface area (Å²) < 4.78 is 1.50. The fourth-order valence-corrected chi connectivity index (χ4v) is 2.34. The summed E-state index contributed by atoms with van der Waals surface area (Å²) in [5.74, 6) is -0.867. The standard InChI is InChI=1S/C17H17N7O3/c18-14(25)5-7-20-17(27)23-12-4-1-3-11(9-12)22-16(26)13-10-21-24-8-2-6-19-15(13)24/h1-4,6,8-10H,5,7H2,(H2,18,25)(H,22,26)(H2,20,23,27). The highest BCUT2D eigenvalue weighted by Gasteiger charge is 2.14. The van der Waals surface area contributed by atoms with Crippen LogP contribution >= 0.6 is 0 Å². The number of anilines is 2. The number of amides is 4. The summed E-state index contributed by atoms with van der Waals surface area (Å²) >= 11 is 0. The van der Waals surface area contributed by atoms with E-state index in [-0.39, 0.29) is 18.9 Å². The number of nitrogens with zero attached hydrogens (tertiary/aromatic N) is 3. The lowest BCUT2D eigenvalue weighted by Crippen LogP contribution is -2.31. The van der Waals surface area contributed by atoms with Gasteiger partial charge in [0.2, 0.25) is 5.91 Å². The first-order chi connectivity index (χ1) is 13.0. The molecule has 10 heteroatoms. The zero-order valence-corrected chi connectivity index (χ0v) is 14.2. The molecule has 0 fully saturated rings. The highest BCUT2D eigenvalue weighted by atomic mass is 16.2. The summed E-state index contributed by atoms with van der Waals surface area (Å²) in [6.45, 7) is 0.138. The number of hydrogen-bond acceptors (Lipinski definition) is 5. The fourth-order valence-electron chi connectivity index (χ4n) is 2.34. The van der Waals surface area contributed by atoms with E-state index in [2.05, 4.69) is 26.0 Å². The number of fused-ring (bicyclic) bond motifs is 1. The van der Waals surface area contributed by atoms with E-state index in [1.54, 1.807) is 42.7 Å². The van der Waals surface area contributed by atoms with Gasteiger partial charge in [-0.1, -0.05) is 6.07 Å². The molecule has 138 valence electrons. The van der Waals surface area contributed by atoms with Crippen molar-refractivity contribution < 1.29 is 14.4 Å². The first kappa shape index (κ1) is 17.9. The Bertz CT molecular complexity index is 999. The second-order valence-corrected chi connectivity index (χ2v) is 5.58. The molecule has 0 spiro atoms. The molecular weight excluding hydrogens is 350 g/mol. The topological polar surface area (TPSA) is 144 Å². The molecule has 27 heavy (non-hydrogen) atoms. The van der Waals surface area contributed by atoms with Gasteiger partial charge in [0.15, 0.2) is 5.65 Å². The van der Waals surface area contributed by atoms with E-state index in [1.165, 1.54) is 10.7 Å². The predicted octanol–water partition coefficient (Wildman–Crippen LogP) is 0.978. The Labute approximate surface area is 153 Å². The molecule has 0 aliphatic rings. The molecular formula is C17H17N7O3. The van der Waals surface area contributed by atoms with Crippen molar-refractivity contribution in [3.05, 3.63) is 54.5 Å². The summed E-state index contributed by atoms with van der Waals surface area (Å²) in [5.41, 5.74) is 6.75. The lowest BCUT2D eigenvalue weighted by molar-refractivity contribution is -0.117. The molecule has 3 rings (SSSR count). The first-order valence-corrected chi connectivity index (χ1v) is 8.06. The van der Waals surface area contributed by atoms with Crippen molar-refractivity contribution >= 4 is 34.9 Å². The number of nitrogens with one attached hydrogen (secondary N) is 3. The molecule has 0 saturated heterocycles. The van der Waals surface area contributed by atoms with Crippen LogP contribution in [0.1, 0.15) is 16.8 Å². The number of nitrogens with two attached hydrogens (primary N) is 1. The number of hydrogen-bond donors (Lipinski definition) is 4. The lowest BCUT2D eigenvalue weighted by Gasteiger charge is -2.09. The van der Waals surface area contributed by atoms with Gasteiger partial charge in [0.1, 0.15) is 5.56 Å². The van der Waals surface area contributed by atoms with Crippen LogP contribution in [-0.2, 0) is 4.79 Å². The van der Waals surface area contributed by atoms with E-state index in [0.717, 1.165) is 0 Å². The Hall–Kier alpha value is -3.95. The number of primary amides is 1. The lowest BCUT2D eigenvalue weighted by atomic mass is 10.2. The SMILES string of the molecule is NC(=O)CCNC(=O)Nc1cccc(NC(=O)c2cnn3cccnc23)c1. The Kier molecular flexibility index (Phi) is 5.26. The van der Waals surface area contributed by atoms with Gasteiger partial charge >= 0.3 is 6.03 Å². The third kappa shape index (κ3) is 4.57. The van der Waals surface area contributed by atoms with Crippen molar-refractivity contribution in [2.75, 3.05) is 17.2 Å². The molecule has 2 heterocycles. The van der Waals surface area contributed by atoms with Crippen LogP contribution in [0.5, 0.6) is 0 Å². The second-order valence-electron chi connectivity index (χ2n) is 5.58. The average molecular weight is 367 g/mol. The maximum absolute atomic E-state index is 12.5. The third-order valence-corrected chi connectivity index (χ3v) is 3.56. The van der Waals surface area contributed by atoms with E-state index in [0.29, 0.717) is 22.6 Å². The van der Waals surface area contributed by atoms with E-state index < -0.39 is 11.9 Å². The minimum absolute atomic E-state index is 0.0528. The Morgan fingerprint density at radius 2 is 1.89 bits per heavy atom. The van der Waals surface area contributed by atoms with Crippen LogP contribution in [0.15, 0.2) is 48.9 Å². The van der Waals surface area contributed by atoms with Crippen LogP contribution in [0.2, 0.25) is 0 Å². The Morgan fingerprint density at radius 1 is 1.11 bits per heavy atom. The zero-order chi connectivity index (χ0) is 19.2. The molecule has 0 atom stereocenters. The smallest absolute Gasteiger partial charge is 0.319 e. The first-order valence-electron chi connectivity index (χ1n) is 8.06. The van der Waals surface area contributed by atoms with Gasteiger partial charge in [0, 0.05) is 36.7 Å². The molecule has 1 aromatic carbocycles. The normalized spacial score (nSPS) is 10.4. The predicted molar refractivity (Wildman–Crippen MR) is 98.2 cm³/mol. The van der Waals surface area contributed by atoms with Crippen molar-refractivity contribution in [3.63, 3.8) is 0 Å². The molecule has 4 amide bonds. The summed E-state index contributed by atoms with van der Waals surface area (Å²) in [5, 5.41) is 11.9. The summed E-state index contributed by atoms with van der Waals surface area (Å²) in [4.78, 5) is 39.1. The minimum atomic E-state index is -0.498. The summed E-state index contributed by atoms with van der Waals surface area (Å²) in [7, 11) is 0. The van der Waals surface area contributed by atoms with Gasteiger partial charge in [0.25, 0.3) is 5.91 Å². The summed E-state index contributed by atoms with van der Waals surface area (Å²) in [6, 6.07) is 7.87. The molecule has 10 nitrogen and oxygen atoms in total. The number of carbonyl (C=O) groups is 3. The maximum Gasteiger partial charge on any atom is 0.319 e. The van der Waals surface area contributed by atoms with Gasteiger partial charge in [-0.3, -0.25) is 9.59 Å². The Balaban J connectivity index is 1.64. The van der Waals surface area contributed by atoms with Gasteiger partial charge in [-0.2, -0.15) is 5.10 Å². The number of rotatable bonds is 6. The fraction of sp³-hybridized carbons (Fsp3) is 0.118. The Morgan fingerprint density at radius 3 is 2.67 bits per heavy atom. The van der Waals surface area contributed by atoms with Crippen molar-refractivity contribution in [2.45, 2.75) is 6.42 Å². The van der Waals surface area contributed by atoms with Crippen molar-refractivity contribution in [3.8, 4) is 0 Å². The molecule has 0 radical (unpaired) electrons. The van der Waals surface area contributed by atoms with Crippen LogP contribution in [-0.4, -0.2) is 39.0 Å². The van der Waals surface area contributed by atoms with E-state index in [4.69, 9.17) is 5.73 Å². The van der Waals surface area contributed by atoms with Gasteiger partial charge in [-0.15, -0.1) is 0 Å². The third-order valence-electron chi connectivity index (χ3n) is 3.56. The molecule has 2 aromatic heterocycles. The molecule has 0 saturated carbocycles. The van der Waals surface area contributed by atoms with Gasteiger partial charge in [0.05, 0.1) is 6.20 Å². The van der Waals surface area contributed by atoms with Crippen LogP contribution in [0.3, 0.4) is 0 Å². The van der Waals surface area contributed by atoms with Crippen molar-refractivity contribution in [1.82, 2.24) is 19.9 Å². The largest absolute Gasteiger partial charge is 0.370 e. The van der Waals surface area contributed by atoms with Crippen LogP contribution in [0.25, 0.3) is 5.65 Å². The highest BCUT2D eigenvalue weighted by molar-refractivity contribution is 6.08. The molecule has 5 N–H and O–H groups in total. The van der Waals surface area contributed by atoms with E-state index in [1.807, 2.05) is 0 Å². The molecule has 0 aliphatic carbocycles. The van der Waals surface area contributed by atoms with Crippen LogP contribution in [0.4, 0.5) is 16.2 Å². The molecule has 0 unspecified atom stereocenters. The summed E-state index contributed by atoms with van der Waals surface area (Å²) in [6.07, 6.45) is 4.76. The average Bonchev–Trinajstić information content (AvgIpc) is 3.06. The molecule has 0 bridgehead atoms. The minimum Gasteiger partial charge on any atom is -0.370 e. The quantitative estimate of drug-likeness (QED) is 0.513. The maximum atomic E-state index is 12.5. The number of urea groups is 1. The van der Waals surface area contributed by atoms with Crippen molar-refractivity contribution in [2.24, 2.45) is 5.73 Å². The van der Waals surface area contributed by atoms with Crippen LogP contribution in [0, 0.1) is 0 Å². The number of carbonyl (C=O) groups excluding carboxylic acids is 3. The monoisotopic (exact) mass is 367 g/mol. The number of aromatic nitrogens is 3. The number of benzene rings is 1. The zero-order valence-electron chi connectivity index (χ0n) is 14.2. The van der Waals surface area contributed by atoms with Crippen LogP contribution < -0.4 is 21.7 Å². The van der Waals surface area contributed by atoms with Gasteiger partial charge < -0.3 is 21.7 Å². The highest BCUT2D eigenvalue weighted by Crippen LogP contribution is 2.17. The molecule has 0 aliphatic heterocycles. The van der Waals surface area contributed by atoms with Crippen molar-refractivity contribution in [1.29, 1.82) is 0 Å². The van der Waals surface area contributed by atoms with Gasteiger partial charge in [-0.25, -0.2) is 14.3 Å². The van der Waals surface area contributed by atoms with E-state index in [9.17, 15) is 14.4 Å². The van der Waals surface area contributed by atoms with E-state index >= 15 is 0 Å².